The molecule has 2 aromatic rings. The zero-order valence-electron chi connectivity index (χ0n) is 18.3. The number of rotatable bonds is 9. The second-order valence-corrected chi connectivity index (χ2v) is 9.28. The Labute approximate surface area is 188 Å². The number of carbonyl (C=O) groups excluding carboxylic acids is 2. The number of amides is 2. The number of carbonyl (C=O) groups is 2. The van der Waals surface area contributed by atoms with Crippen LogP contribution in [0.4, 0.5) is 4.39 Å². The molecule has 0 heterocycles. The Bertz CT molecular complexity index is 864. The van der Waals surface area contributed by atoms with E-state index in [-0.39, 0.29) is 29.4 Å². The molecule has 166 valence electrons. The van der Waals surface area contributed by atoms with Crippen LogP contribution in [-0.2, 0) is 21.9 Å². The molecular formula is C25H31FN2O2S. The Morgan fingerprint density at radius 3 is 2.32 bits per heavy atom. The third-order valence-electron chi connectivity index (χ3n) is 5.75. The standard InChI is InChI=1S/C25H31FN2O2S/c1-18-7-9-20(10-8-18)15-28(19(2)25(30)27-23-5-3-4-6-23)24(29)17-31-16-21-11-13-22(26)14-12-21/h7-14,19,23H,3-6,15-17H2,1-2H3,(H,27,30)/t19-/m0/s1. The molecule has 1 fully saturated rings. The highest BCUT2D eigenvalue weighted by molar-refractivity contribution is 7.99. The lowest BCUT2D eigenvalue weighted by molar-refractivity contribution is -0.138. The molecule has 1 aliphatic rings. The second kappa shape index (κ2) is 11.3. The summed E-state index contributed by atoms with van der Waals surface area (Å²) >= 11 is 1.48. The molecule has 4 nitrogen and oxygen atoms in total. The van der Waals surface area contributed by atoms with Gasteiger partial charge in [-0.1, -0.05) is 54.8 Å². The average Bonchev–Trinajstić information content (AvgIpc) is 3.27. The van der Waals surface area contributed by atoms with E-state index in [4.69, 9.17) is 0 Å². The van der Waals surface area contributed by atoms with Crippen LogP contribution in [0.1, 0.15) is 49.3 Å². The molecule has 1 aliphatic carbocycles. The molecule has 0 unspecified atom stereocenters. The molecule has 6 heteroatoms. The van der Waals surface area contributed by atoms with E-state index in [1.807, 2.05) is 31.2 Å². The fourth-order valence-corrected chi connectivity index (χ4v) is 4.66. The van der Waals surface area contributed by atoms with Gasteiger partial charge in [-0.3, -0.25) is 9.59 Å². The first-order valence-electron chi connectivity index (χ1n) is 10.9. The van der Waals surface area contributed by atoms with Crippen molar-refractivity contribution in [3.8, 4) is 0 Å². The third-order valence-corrected chi connectivity index (χ3v) is 6.74. The number of aryl methyl sites for hydroxylation is 1. The van der Waals surface area contributed by atoms with Crippen LogP contribution in [0.5, 0.6) is 0 Å². The summed E-state index contributed by atoms with van der Waals surface area (Å²) in [7, 11) is 0. The number of halogens is 1. The normalized spacial score (nSPS) is 14.9. The highest BCUT2D eigenvalue weighted by atomic mass is 32.2. The Hall–Kier alpha value is -2.34. The summed E-state index contributed by atoms with van der Waals surface area (Å²) < 4.78 is 13.1. The van der Waals surface area contributed by atoms with Gasteiger partial charge in [-0.25, -0.2) is 4.39 Å². The number of hydrogen-bond donors (Lipinski definition) is 1. The largest absolute Gasteiger partial charge is 0.352 e. The summed E-state index contributed by atoms with van der Waals surface area (Å²) in [5.41, 5.74) is 3.13. The van der Waals surface area contributed by atoms with Gasteiger partial charge in [0, 0.05) is 18.3 Å². The van der Waals surface area contributed by atoms with Gasteiger partial charge in [0.05, 0.1) is 5.75 Å². The molecule has 1 saturated carbocycles. The van der Waals surface area contributed by atoms with Gasteiger partial charge in [-0.2, -0.15) is 0 Å². The maximum atomic E-state index is 13.1. The number of benzene rings is 2. The molecule has 1 atom stereocenters. The van der Waals surface area contributed by atoms with E-state index in [1.165, 1.54) is 23.9 Å². The van der Waals surface area contributed by atoms with Crippen molar-refractivity contribution >= 4 is 23.6 Å². The van der Waals surface area contributed by atoms with E-state index in [0.29, 0.717) is 12.3 Å². The van der Waals surface area contributed by atoms with Gasteiger partial charge >= 0.3 is 0 Å². The van der Waals surface area contributed by atoms with Crippen molar-refractivity contribution in [1.29, 1.82) is 0 Å². The van der Waals surface area contributed by atoms with Crippen LogP contribution < -0.4 is 5.32 Å². The quantitative estimate of drug-likeness (QED) is 0.604. The Balaban J connectivity index is 1.64. The molecule has 0 bridgehead atoms. The van der Waals surface area contributed by atoms with E-state index in [0.717, 1.165) is 42.4 Å². The highest BCUT2D eigenvalue weighted by Gasteiger charge is 2.28. The lowest BCUT2D eigenvalue weighted by atomic mass is 10.1. The molecule has 2 amide bonds. The van der Waals surface area contributed by atoms with Gasteiger partial charge in [0.2, 0.25) is 11.8 Å². The Kier molecular flexibility index (Phi) is 8.52. The highest BCUT2D eigenvalue weighted by Crippen LogP contribution is 2.20. The monoisotopic (exact) mass is 442 g/mol. The second-order valence-electron chi connectivity index (χ2n) is 8.29. The minimum Gasteiger partial charge on any atom is -0.352 e. The van der Waals surface area contributed by atoms with Crippen LogP contribution in [0.15, 0.2) is 48.5 Å². The maximum absolute atomic E-state index is 13.1. The van der Waals surface area contributed by atoms with Crippen LogP contribution in [-0.4, -0.2) is 34.6 Å². The molecule has 2 aromatic carbocycles. The van der Waals surface area contributed by atoms with Crippen LogP contribution in [0.2, 0.25) is 0 Å². The van der Waals surface area contributed by atoms with Crippen LogP contribution >= 0.6 is 11.8 Å². The van der Waals surface area contributed by atoms with Crippen molar-refractivity contribution in [3.63, 3.8) is 0 Å². The molecule has 1 N–H and O–H groups in total. The van der Waals surface area contributed by atoms with E-state index < -0.39 is 6.04 Å². The van der Waals surface area contributed by atoms with Crippen molar-refractivity contribution < 1.29 is 14.0 Å². The van der Waals surface area contributed by atoms with Gasteiger partial charge in [-0.15, -0.1) is 11.8 Å². The predicted molar refractivity (Wildman–Crippen MR) is 124 cm³/mol. The lowest BCUT2D eigenvalue weighted by Crippen LogP contribution is -2.50. The number of thioether (sulfide) groups is 1. The van der Waals surface area contributed by atoms with Crippen LogP contribution in [0.3, 0.4) is 0 Å². The minimum atomic E-state index is -0.541. The number of nitrogens with one attached hydrogen (secondary N) is 1. The SMILES string of the molecule is Cc1ccc(CN(C(=O)CSCc2ccc(F)cc2)[C@@H](C)C(=O)NC2CCCC2)cc1. The van der Waals surface area contributed by atoms with Crippen LogP contribution in [0.25, 0.3) is 0 Å². The van der Waals surface area contributed by atoms with E-state index in [1.54, 1.807) is 24.0 Å². The van der Waals surface area contributed by atoms with Crippen molar-refractivity contribution in [3.05, 3.63) is 71.0 Å². The van der Waals surface area contributed by atoms with Gasteiger partial charge in [-0.05, 0) is 49.9 Å². The zero-order valence-corrected chi connectivity index (χ0v) is 19.1. The molecule has 0 aromatic heterocycles. The van der Waals surface area contributed by atoms with Crippen molar-refractivity contribution in [2.24, 2.45) is 0 Å². The maximum Gasteiger partial charge on any atom is 0.242 e. The Morgan fingerprint density at radius 1 is 1.06 bits per heavy atom. The number of hydrogen-bond acceptors (Lipinski definition) is 3. The summed E-state index contributed by atoms with van der Waals surface area (Å²) in [6, 6.07) is 14.0. The summed E-state index contributed by atoms with van der Waals surface area (Å²) in [5, 5.41) is 3.12. The average molecular weight is 443 g/mol. The zero-order chi connectivity index (χ0) is 22.2. The van der Waals surface area contributed by atoms with Gasteiger partial charge in [0.25, 0.3) is 0 Å². The molecule has 0 spiro atoms. The molecule has 31 heavy (non-hydrogen) atoms. The molecule has 0 radical (unpaired) electrons. The van der Waals surface area contributed by atoms with E-state index in [2.05, 4.69) is 5.32 Å². The number of nitrogens with zero attached hydrogens (tertiary/aromatic N) is 1. The van der Waals surface area contributed by atoms with Gasteiger partial charge in [0.15, 0.2) is 0 Å². The molecular weight excluding hydrogens is 411 g/mol. The van der Waals surface area contributed by atoms with Crippen molar-refractivity contribution in [2.75, 3.05) is 5.75 Å². The summed E-state index contributed by atoms with van der Waals surface area (Å²) in [4.78, 5) is 27.6. The first-order chi connectivity index (χ1) is 14.9. The fraction of sp³-hybridized carbons (Fsp3) is 0.440. The minimum absolute atomic E-state index is 0.0678. The first kappa shape index (κ1) is 23.3. The summed E-state index contributed by atoms with van der Waals surface area (Å²) in [6.07, 6.45) is 4.31. The van der Waals surface area contributed by atoms with Crippen LogP contribution in [0, 0.1) is 12.7 Å². The van der Waals surface area contributed by atoms with Crippen molar-refractivity contribution in [2.45, 2.75) is 63.9 Å². The van der Waals surface area contributed by atoms with Gasteiger partial charge in [0.1, 0.15) is 11.9 Å². The summed E-state index contributed by atoms with van der Waals surface area (Å²) in [5.74, 6) is 0.464. The molecule has 0 aliphatic heterocycles. The first-order valence-corrected chi connectivity index (χ1v) is 12.1. The van der Waals surface area contributed by atoms with E-state index in [9.17, 15) is 14.0 Å². The molecule has 3 rings (SSSR count). The lowest BCUT2D eigenvalue weighted by Gasteiger charge is -2.29. The van der Waals surface area contributed by atoms with Gasteiger partial charge < -0.3 is 10.2 Å². The fourth-order valence-electron chi connectivity index (χ4n) is 3.78. The topological polar surface area (TPSA) is 49.4 Å². The third kappa shape index (κ3) is 7.10. The molecule has 0 saturated heterocycles. The van der Waals surface area contributed by atoms with Crippen molar-refractivity contribution in [1.82, 2.24) is 10.2 Å². The Morgan fingerprint density at radius 2 is 1.68 bits per heavy atom. The van der Waals surface area contributed by atoms with E-state index >= 15 is 0 Å². The summed E-state index contributed by atoms with van der Waals surface area (Å²) in [6.45, 7) is 4.23. The smallest absolute Gasteiger partial charge is 0.242 e. The predicted octanol–water partition coefficient (Wildman–Crippen LogP) is 4.84.